The molecule has 0 saturated carbocycles. The van der Waals surface area contributed by atoms with E-state index in [1.165, 1.54) is 18.2 Å². The smallest absolute Gasteiger partial charge is 0.744 e. The van der Waals surface area contributed by atoms with Crippen LogP contribution in [-0.4, -0.2) is 13.0 Å². The molecule has 1 aromatic rings. The van der Waals surface area contributed by atoms with Crippen LogP contribution in [0.1, 0.15) is 0 Å². The van der Waals surface area contributed by atoms with Crippen molar-refractivity contribution in [1.82, 2.24) is 0 Å². The van der Waals surface area contributed by atoms with E-state index in [0.29, 0.717) is 0 Å². The van der Waals surface area contributed by atoms with Crippen molar-refractivity contribution < 1.29 is 35.4 Å². The fraction of sp³-hybridized carbons (Fsp3) is 0. The maximum Gasteiger partial charge on any atom is 1.00 e. The van der Waals surface area contributed by atoms with Gasteiger partial charge in [0.25, 0.3) is 0 Å². The molecular formula is C6H4AgClO3S. The van der Waals surface area contributed by atoms with Crippen molar-refractivity contribution >= 4 is 21.7 Å². The predicted octanol–water partition coefficient (Wildman–Crippen LogP) is 1.24. The molecule has 0 heterocycles. The third kappa shape index (κ3) is 2.90. The van der Waals surface area contributed by atoms with Crippen LogP contribution in [0.5, 0.6) is 0 Å². The third-order valence-corrected chi connectivity index (χ3v) is 2.44. The first kappa shape index (κ1) is 12.2. The zero-order valence-electron chi connectivity index (χ0n) is 5.62. The summed E-state index contributed by atoms with van der Waals surface area (Å²) in [4.78, 5) is -0.373. The number of halogens is 1. The topological polar surface area (TPSA) is 57.2 Å². The Balaban J connectivity index is 0.00000121. The number of hydrogen-bond donors (Lipinski definition) is 0. The van der Waals surface area contributed by atoms with E-state index in [1.807, 2.05) is 0 Å². The molecule has 12 heavy (non-hydrogen) atoms. The molecule has 1 aromatic carbocycles. The van der Waals surface area contributed by atoms with Crippen LogP contribution < -0.4 is 0 Å². The molecule has 3 nitrogen and oxygen atoms in total. The van der Waals surface area contributed by atoms with Gasteiger partial charge in [-0.25, -0.2) is 8.42 Å². The number of rotatable bonds is 1. The van der Waals surface area contributed by atoms with E-state index in [4.69, 9.17) is 11.6 Å². The van der Waals surface area contributed by atoms with Gasteiger partial charge in [0.1, 0.15) is 10.1 Å². The summed E-state index contributed by atoms with van der Waals surface area (Å²) < 4.78 is 31.2. The first-order chi connectivity index (χ1) is 5.02. The molecule has 0 radical (unpaired) electrons. The SMILES string of the molecule is O=S(=O)([O-])c1ccccc1Cl.[Ag+]. The summed E-state index contributed by atoms with van der Waals surface area (Å²) in [5.74, 6) is 0. The monoisotopic (exact) mass is 298 g/mol. The summed E-state index contributed by atoms with van der Waals surface area (Å²) >= 11 is 5.43. The molecule has 0 atom stereocenters. The van der Waals surface area contributed by atoms with E-state index in [9.17, 15) is 13.0 Å². The summed E-state index contributed by atoms with van der Waals surface area (Å²) in [5.41, 5.74) is 0. The molecule has 0 aliphatic carbocycles. The standard InChI is InChI=1S/C6H5ClO3S.Ag/c7-5-3-1-2-4-6(5)11(8,9)10;/h1-4H,(H,8,9,10);/q;+1/p-1. The van der Waals surface area contributed by atoms with Crippen molar-refractivity contribution in [3.63, 3.8) is 0 Å². The van der Waals surface area contributed by atoms with Gasteiger partial charge in [0.15, 0.2) is 0 Å². The average Bonchev–Trinajstić information content (AvgIpc) is 1.86. The van der Waals surface area contributed by atoms with Gasteiger partial charge in [-0.05, 0) is 12.1 Å². The van der Waals surface area contributed by atoms with Gasteiger partial charge in [-0.2, -0.15) is 0 Å². The van der Waals surface area contributed by atoms with Crippen molar-refractivity contribution in [3.8, 4) is 0 Å². The van der Waals surface area contributed by atoms with Gasteiger partial charge in [0.05, 0.1) is 9.92 Å². The van der Waals surface area contributed by atoms with Gasteiger partial charge < -0.3 is 4.55 Å². The summed E-state index contributed by atoms with van der Waals surface area (Å²) in [6, 6.07) is 5.52. The Bertz CT molecular complexity index is 363. The maximum absolute atomic E-state index is 10.4. The second kappa shape index (κ2) is 4.41. The molecule has 0 amide bonds. The molecular weight excluding hydrogens is 295 g/mol. The van der Waals surface area contributed by atoms with Crippen molar-refractivity contribution in [3.05, 3.63) is 29.3 Å². The van der Waals surface area contributed by atoms with Crippen LogP contribution in [0.15, 0.2) is 29.2 Å². The number of benzene rings is 1. The van der Waals surface area contributed by atoms with Crippen LogP contribution in [0.4, 0.5) is 0 Å². The molecule has 70 valence electrons. The largest absolute Gasteiger partial charge is 1.00 e. The molecule has 0 unspecified atom stereocenters. The van der Waals surface area contributed by atoms with Crippen LogP contribution in [0.25, 0.3) is 0 Å². The molecule has 0 aromatic heterocycles. The second-order valence-corrected chi connectivity index (χ2v) is 3.64. The Labute approximate surface area is 91.0 Å². The van der Waals surface area contributed by atoms with E-state index in [1.54, 1.807) is 6.07 Å². The molecule has 1 rings (SSSR count). The predicted molar refractivity (Wildman–Crippen MR) is 39.4 cm³/mol. The summed E-state index contributed by atoms with van der Waals surface area (Å²) in [6.45, 7) is 0. The summed E-state index contributed by atoms with van der Waals surface area (Å²) in [5, 5.41) is -0.0394. The van der Waals surface area contributed by atoms with Crippen molar-refractivity contribution in [2.45, 2.75) is 4.90 Å². The molecule has 0 fully saturated rings. The van der Waals surface area contributed by atoms with Crippen LogP contribution in [0, 0.1) is 0 Å². The van der Waals surface area contributed by atoms with Crippen molar-refractivity contribution in [2.24, 2.45) is 0 Å². The van der Waals surface area contributed by atoms with Gasteiger partial charge in [0.2, 0.25) is 0 Å². The zero-order chi connectivity index (χ0) is 8.48. The van der Waals surface area contributed by atoms with E-state index >= 15 is 0 Å². The van der Waals surface area contributed by atoms with E-state index in [2.05, 4.69) is 0 Å². The van der Waals surface area contributed by atoms with Crippen LogP contribution >= 0.6 is 11.6 Å². The molecule has 0 saturated heterocycles. The normalized spacial score (nSPS) is 10.5. The number of hydrogen-bond acceptors (Lipinski definition) is 3. The van der Waals surface area contributed by atoms with E-state index in [0.717, 1.165) is 0 Å². The molecule has 0 spiro atoms. The van der Waals surface area contributed by atoms with E-state index < -0.39 is 10.1 Å². The molecule has 0 bridgehead atoms. The molecule has 0 N–H and O–H groups in total. The molecule has 0 aliphatic heterocycles. The zero-order valence-corrected chi connectivity index (χ0v) is 8.68. The van der Waals surface area contributed by atoms with Gasteiger partial charge in [-0.1, -0.05) is 23.7 Å². The van der Waals surface area contributed by atoms with Crippen molar-refractivity contribution in [1.29, 1.82) is 0 Å². The fourth-order valence-electron chi connectivity index (χ4n) is 0.647. The Morgan fingerprint density at radius 1 is 1.25 bits per heavy atom. The van der Waals surface area contributed by atoms with E-state index in [-0.39, 0.29) is 32.3 Å². The fourth-order valence-corrected chi connectivity index (χ4v) is 1.62. The van der Waals surface area contributed by atoms with Gasteiger partial charge >= 0.3 is 22.4 Å². The maximum atomic E-state index is 10.4. The van der Waals surface area contributed by atoms with Gasteiger partial charge in [-0.3, -0.25) is 0 Å². The minimum atomic E-state index is -4.42. The third-order valence-electron chi connectivity index (χ3n) is 1.11. The van der Waals surface area contributed by atoms with Gasteiger partial charge in [0, 0.05) is 0 Å². The van der Waals surface area contributed by atoms with Crippen molar-refractivity contribution in [2.75, 3.05) is 0 Å². The minimum absolute atomic E-state index is 0. The minimum Gasteiger partial charge on any atom is -0.744 e. The molecule has 0 aliphatic rings. The Morgan fingerprint density at radius 3 is 2.08 bits per heavy atom. The Morgan fingerprint density at radius 2 is 1.75 bits per heavy atom. The van der Waals surface area contributed by atoms with Crippen LogP contribution in [0.2, 0.25) is 5.02 Å². The average molecular weight is 299 g/mol. The molecule has 6 heteroatoms. The summed E-state index contributed by atoms with van der Waals surface area (Å²) in [6.07, 6.45) is 0. The second-order valence-electron chi connectivity index (χ2n) is 1.88. The summed E-state index contributed by atoms with van der Waals surface area (Å²) in [7, 11) is -4.42. The Kier molecular flexibility index (Phi) is 4.47. The van der Waals surface area contributed by atoms with Gasteiger partial charge in [-0.15, -0.1) is 0 Å². The Hall–Kier alpha value is 0.160. The van der Waals surface area contributed by atoms with Crippen LogP contribution in [-0.2, 0) is 32.5 Å². The quantitative estimate of drug-likeness (QED) is 0.579. The first-order valence-electron chi connectivity index (χ1n) is 2.72. The first-order valence-corrected chi connectivity index (χ1v) is 4.51. The van der Waals surface area contributed by atoms with Crippen LogP contribution in [0.3, 0.4) is 0 Å².